The molecule has 36 nitrogen and oxygen atoms in total. The van der Waals surface area contributed by atoms with E-state index in [4.69, 9.17) is 66.7 Å². The minimum Gasteiger partial charge on any atom is -0.508 e. The van der Waals surface area contributed by atoms with Crippen LogP contribution in [-0.2, 0) is 62.0 Å². The highest BCUT2D eigenvalue weighted by molar-refractivity contribution is 6.32. The number of carbonyl (C=O) groups is 8. The summed E-state index contributed by atoms with van der Waals surface area (Å²) in [5.41, 5.74) is 14.4. The lowest BCUT2D eigenvalue weighted by molar-refractivity contribution is -0.333. The summed E-state index contributed by atoms with van der Waals surface area (Å²) in [6.07, 6.45) is -18.3. The zero-order chi connectivity index (χ0) is 85.0. The number of aliphatic hydroxyl groups excluding tert-OH is 6. The molecular weight excluding hydrogens is 1550 g/mol. The predicted octanol–water partition coefficient (Wildman–Crippen LogP) is 1.69. The van der Waals surface area contributed by atoms with E-state index in [1.54, 1.807) is 0 Å². The number of halogens is 1. The van der Waals surface area contributed by atoms with Gasteiger partial charge in [-0.2, -0.15) is 0 Å². The number of likely N-dealkylation sites (N-methyl/N-ethyl adjacent to an activating group) is 1. The number of carbonyl (C=O) groups excluding carboxylic acids is 8. The number of phenols is 3. The molecule has 636 valence electrons. The summed E-state index contributed by atoms with van der Waals surface area (Å²) in [5, 5.41) is 126. The molecule has 3 fully saturated rings. The van der Waals surface area contributed by atoms with Crippen LogP contribution >= 0.6 is 11.6 Å². The standard InChI is InChI=1S/C80H104ClN11O25/c1-9-10-11-12-13-22-86-73(105)60-44-28-41(94)29-49(96)57(44)43-24-38(16-20-48(43)95)58-74(106)92-62(77(109)90-60)66(115-55-31-79(6,83)69(101)35(4)110-55)37-14-18-42(19-15-37)112-51-26-40-27-52(67(51)117-78-68(65(100)64(99)53(33-93)114-78)116-56-32-80(7,84)70(102)36(5)111-56)113-50-21-17-39(25-45(50)81)63(98)61(91-71(103)46(85-8)23-34(2)3)76(108)87-47(30-54(82)97)72(104)88-59(40)75(107)89-58/h14-21,24-29,34-36,46-47,53,55-56,58-66,68-70,78,85,93-96,98-102H,9-13,22-23,30-33,83-84H2,1-8H3,(H2,82,97)(H,86,105)(H,87,108)(H,88,104)(H,89,107)(H,90,109)(H,91,103)(H,92,106)/t35-,36-,46+,47-,53+,55-,56-,58+,59+,60-,61+,62-,63?,64+,65-,66+,68+,69-,70-,78-,79-,80-/m0/s1. The predicted molar refractivity (Wildman–Crippen MR) is 415 cm³/mol. The molecule has 13 rings (SSSR count). The molecule has 5 aromatic rings. The van der Waals surface area contributed by atoms with Crippen LogP contribution in [0.1, 0.15) is 164 Å². The van der Waals surface area contributed by atoms with Crippen LogP contribution in [0.5, 0.6) is 46.0 Å². The number of unbranched alkanes of at least 4 members (excludes halogenated alkanes) is 4. The highest BCUT2D eigenvalue weighted by Gasteiger charge is 2.52. The van der Waals surface area contributed by atoms with Gasteiger partial charge in [-0.1, -0.05) is 82.3 Å². The van der Waals surface area contributed by atoms with E-state index in [0.717, 1.165) is 61.7 Å². The number of hydrogen-bond acceptors (Lipinski definition) is 28. The number of nitrogens with two attached hydrogens (primary N) is 3. The van der Waals surface area contributed by atoms with Gasteiger partial charge in [0.25, 0.3) is 0 Å². The molecule has 8 aliphatic heterocycles. The van der Waals surface area contributed by atoms with Gasteiger partial charge in [-0.05, 0) is 136 Å². The quantitative estimate of drug-likeness (QED) is 0.0465. The van der Waals surface area contributed by atoms with Crippen LogP contribution in [0, 0.1) is 5.92 Å². The third-order valence-electron chi connectivity index (χ3n) is 21.7. The first-order valence-corrected chi connectivity index (χ1v) is 39.2. The van der Waals surface area contributed by atoms with Crippen LogP contribution < -0.4 is 73.9 Å². The fourth-order valence-electron chi connectivity index (χ4n) is 15.3. The monoisotopic (exact) mass is 1650 g/mol. The molecule has 0 saturated carbocycles. The van der Waals surface area contributed by atoms with Gasteiger partial charge in [-0.3, -0.25) is 38.4 Å². The van der Waals surface area contributed by atoms with Crippen molar-refractivity contribution in [2.24, 2.45) is 23.1 Å². The highest BCUT2D eigenvalue weighted by Crippen LogP contribution is 2.50. The summed E-state index contributed by atoms with van der Waals surface area (Å²) in [7, 11) is 1.49. The number of primary amides is 1. The summed E-state index contributed by atoms with van der Waals surface area (Å²) >= 11 is 7.18. The van der Waals surface area contributed by atoms with Crippen molar-refractivity contribution in [3.63, 3.8) is 0 Å². The zero-order valence-corrected chi connectivity index (χ0v) is 66.4. The Labute approximate surface area is 678 Å². The Bertz CT molecular complexity index is 4480. The SMILES string of the molecule is CCCCCCCNC(=O)[C@H]1NC(=O)[C@H]2NC(=O)[C@H](NC(=O)[C@@H]3NC(=O)[C@H](CC(N)=O)NC(=O)[C@H](NC(=O)[C@@H](CC(C)C)NC)C(O)c4ccc(c(Cl)c4)Oc4cc3cc(c4O[C@@H]3O[C@H](CO)[C@@H](O)[C@H](O)[C@H]3O[C@H]3C[C@](C)(N)[C@@H](O)[C@H](C)O3)Oc3ccc(cc3)[C@H]2O[C@H]2C[C@](C)(N)[C@@H](O)[C@H](C)O2)c2ccc(O)c(c2)-c2c(O)cc(O)cc21. The van der Waals surface area contributed by atoms with E-state index in [-0.39, 0.29) is 81.6 Å². The number of rotatable bonds is 21. The van der Waals surface area contributed by atoms with Gasteiger partial charge in [0.1, 0.15) is 95.5 Å². The third kappa shape index (κ3) is 20.1. The number of aromatic hydroxyl groups is 3. The topological polar surface area (TPSA) is 567 Å². The molecule has 0 aromatic heterocycles. The Balaban J connectivity index is 1.17. The van der Waals surface area contributed by atoms with Crippen molar-refractivity contribution in [1.82, 2.24) is 42.5 Å². The van der Waals surface area contributed by atoms with E-state index >= 15 is 28.8 Å². The molecule has 22 atom stereocenters. The lowest BCUT2D eigenvalue weighted by atomic mass is 9.86. The van der Waals surface area contributed by atoms with Gasteiger partial charge >= 0.3 is 0 Å². The van der Waals surface area contributed by atoms with Crippen LogP contribution in [-0.4, -0.2) is 216 Å². The average molecular weight is 1660 g/mol. The van der Waals surface area contributed by atoms with Crippen LogP contribution in [0.4, 0.5) is 0 Å². The maximum absolute atomic E-state index is 16.5. The molecular formula is C80H104ClN11O25. The molecule has 8 amide bonds. The normalized spacial score (nSPS) is 31.0. The lowest BCUT2D eigenvalue weighted by Gasteiger charge is -2.47. The molecule has 8 heterocycles. The van der Waals surface area contributed by atoms with Crippen molar-refractivity contribution in [1.29, 1.82) is 0 Å². The van der Waals surface area contributed by atoms with Gasteiger partial charge < -0.3 is 144 Å². The van der Waals surface area contributed by atoms with Gasteiger partial charge in [0.2, 0.25) is 59.3 Å². The van der Waals surface area contributed by atoms with Gasteiger partial charge in [0.15, 0.2) is 30.2 Å². The number of phenolic OH excluding ortho intramolecular Hbond substituents is 3. The van der Waals surface area contributed by atoms with Crippen molar-refractivity contribution in [2.45, 2.75) is 240 Å². The fraction of sp³-hybridized carbons (Fsp3) is 0.525. The Morgan fingerprint density at radius 2 is 1.28 bits per heavy atom. The molecule has 1 unspecified atom stereocenters. The van der Waals surface area contributed by atoms with Crippen molar-refractivity contribution in [3.05, 3.63) is 118 Å². The summed E-state index contributed by atoms with van der Waals surface area (Å²) < 4.78 is 52.2. The average Bonchev–Trinajstić information content (AvgIpc) is 0.764. The van der Waals surface area contributed by atoms with Gasteiger partial charge in [-0.15, -0.1) is 0 Å². The summed E-state index contributed by atoms with van der Waals surface area (Å²) in [5.74, 6) is -13.9. The number of ether oxygens (including phenoxy) is 8. The molecule has 3 saturated heterocycles. The molecule has 0 spiro atoms. The van der Waals surface area contributed by atoms with Crippen molar-refractivity contribution in [2.75, 3.05) is 20.2 Å². The second kappa shape index (κ2) is 37.1. The smallest absolute Gasteiger partial charge is 0.248 e. The second-order valence-corrected chi connectivity index (χ2v) is 31.9. The van der Waals surface area contributed by atoms with E-state index in [2.05, 4.69) is 42.5 Å². The number of hydrogen-bond donors (Lipinski definition) is 20. The van der Waals surface area contributed by atoms with Crippen molar-refractivity contribution in [3.8, 4) is 57.1 Å². The molecule has 11 bridgehead atoms. The lowest BCUT2D eigenvalue weighted by Crippen LogP contribution is -2.64. The fourth-order valence-corrected chi connectivity index (χ4v) is 15.5. The van der Waals surface area contributed by atoms with Gasteiger partial charge in [-0.25, -0.2) is 0 Å². The summed E-state index contributed by atoms with van der Waals surface area (Å²) in [4.78, 5) is 122. The number of amides is 8. The Morgan fingerprint density at radius 1 is 0.667 bits per heavy atom. The maximum atomic E-state index is 16.5. The Morgan fingerprint density at radius 3 is 1.91 bits per heavy atom. The molecule has 0 radical (unpaired) electrons. The van der Waals surface area contributed by atoms with E-state index in [1.807, 2.05) is 20.8 Å². The molecule has 117 heavy (non-hydrogen) atoms. The number of benzene rings is 5. The molecule has 0 aliphatic carbocycles. The number of fused-ring (bicyclic) bond motifs is 15. The first kappa shape index (κ1) is 88.2. The second-order valence-electron chi connectivity index (χ2n) is 31.5. The Kier molecular flexibility index (Phi) is 28.0. The first-order chi connectivity index (χ1) is 55.4. The zero-order valence-electron chi connectivity index (χ0n) is 65.7. The van der Waals surface area contributed by atoms with Crippen molar-refractivity contribution >= 4 is 58.9 Å². The van der Waals surface area contributed by atoms with E-state index < -0.39 is 234 Å². The first-order valence-electron chi connectivity index (χ1n) is 38.8. The van der Waals surface area contributed by atoms with Gasteiger partial charge in [0.05, 0.1) is 48.5 Å². The minimum atomic E-state index is -2.33. The van der Waals surface area contributed by atoms with Gasteiger partial charge in [0, 0.05) is 47.7 Å². The molecule has 8 aliphatic rings. The minimum absolute atomic E-state index is 0.0193. The molecule has 5 aromatic carbocycles. The van der Waals surface area contributed by atoms with Crippen LogP contribution in [0.3, 0.4) is 0 Å². The summed E-state index contributed by atoms with van der Waals surface area (Å²) in [6, 6.07) is 2.89. The summed E-state index contributed by atoms with van der Waals surface area (Å²) in [6.45, 7) is 10.9. The van der Waals surface area contributed by atoms with Crippen molar-refractivity contribution < 1.29 is 122 Å². The van der Waals surface area contributed by atoms with E-state index in [1.165, 1.54) is 77.2 Å². The van der Waals surface area contributed by atoms with Crippen LogP contribution in [0.25, 0.3) is 11.1 Å². The van der Waals surface area contributed by atoms with Crippen LogP contribution in [0.15, 0.2) is 84.9 Å². The number of nitrogens with one attached hydrogen (secondary N) is 8. The third-order valence-corrected chi connectivity index (χ3v) is 22.0. The maximum Gasteiger partial charge on any atom is 0.248 e. The highest BCUT2D eigenvalue weighted by atomic mass is 35.5. The van der Waals surface area contributed by atoms with Crippen LogP contribution in [0.2, 0.25) is 5.02 Å². The van der Waals surface area contributed by atoms with E-state index in [9.17, 15) is 55.5 Å². The largest absolute Gasteiger partial charge is 0.508 e. The molecule has 23 N–H and O–H groups in total. The van der Waals surface area contributed by atoms with E-state index in [0.29, 0.717) is 12.8 Å². The number of aliphatic hydroxyl groups is 6. The molecule has 37 heteroatoms. The Hall–Kier alpha value is -9.61.